The Morgan fingerprint density at radius 2 is 1.33 bits per heavy atom. The number of hydrogen-bond acceptors (Lipinski definition) is 4. The fraction of sp³-hybridized carbons (Fsp3) is 0. The second-order valence-corrected chi connectivity index (χ2v) is 0.250. The first kappa shape index (κ1) is 9.25. The molecule has 4 nitrogen and oxygen atoms in total. The van der Waals surface area contributed by atoms with E-state index in [0.717, 1.165) is 20.4 Å². The Morgan fingerprint density at radius 3 is 1.33 bits per heavy atom. The SMILES string of the molecule is O=C([O-])[O-].[O]=[Ti+2]. The summed E-state index contributed by atoms with van der Waals surface area (Å²) in [6.45, 7) is 0. The summed E-state index contributed by atoms with van der Waals surface area (Å²) in [6, 6.07) is 0. The third kappa shape index (κ3) is 630. The summed E-state index contributed by atoms with van der Waals surface area (Å²) in [6.07, 6.45) is -2.33. The van der Waals surface area contributed by atoms with Crippen LogP contribution in [0, 0.1) is 0 Å². The van der Waals surface area contributed by atoms with Crippen LogP contribution in [0.1, 0.15) is 0 Å². The molecule has 0 aliphatic carbocycles. The van der Waals surface area contributed by atoms with Crippen molar-refractivity contribution in [2.75, 3.05) is 0 Å². The second-order valence-electron chi connectivity index (χ2n) is 0.250. The monoisotopic (exact) mass is 124 g/mol. The van der Waals surface area contributed by atoms with Crippen LogP contribution >= 0.6 is 0 Å². The quantitative estimate of drug-likeness (QED) is 0.332. The summed E-state index contributed by atoms with van der Waals surface area (Å²) < 4.78 is 8.25. The third-order valence-electron chi connectivity index (χ3n) is 0. The molecule has 0 aromatic rings. The van der Waals surface area contributed by atoms with Crippen molar-refractivity contribution < 1.29 is 38.7 Å². The number of carbonyl (C=O) groups excluding carboxylic acids is 1. The summed E-state index contributed by atoms with van der Waals surface area (Å²) in [4.78, 5) is 8.33. The average Bonchev–Trinajstić information content (AvgIpc) is 1.41. The Balaban J connectivity index is 0. The standard InChI is InChI=1S/CH2O3.O.Ti/c2-1(3)4;;/h(H2,2,3,4);;/q;;+2/p-2. The van der Waals surface area contributed by atoms with Gasteiger partial charge in [0.05, 0.1) is 0 Å². The fourth-order valence-electron chi connectivity index (χ4n) is 0. The zero-order valence-electron chi connectivity index (χ0n) is 2.63. The Labute approximate surface area is 45.5 Å². The van der Waals surface area contributed by atoms with Gasteiger partial charge in [0.1, 0.15) is 0 Å². The van der Waals surface area contributed by atoms with Gasteiger partial charge in [-0.15, -0.1) is 0 Å². The van der Waals surface area contributed by atoms with Gasteiger partial charge in [-0.3, -0.25) is 0 Å². The minimum atomic E-state index is -2.33. The molecule has 32 valence electrons. The number of carboxylic acid groups (broad SMARTS) is 2. The zero-order chi connectivity index (χ0) is 5.58. The van der Waals surface area contributed by atoms with Crippen LogP contribution in [0.5, 0.6) is 0 Å². The van der Waals surface area contributed by atoms with E-state index in [1.54, 1.807) is 0 Å². The first-order valence-electron chi connectivity index (χ1n) is 0.816. The van der Waals surface area contributed by atoms with E-state index >= 15 is 0 Å². The van der Waals surface area contributed by atoms with Crippen LogP contribution in [-0.4, -0.2) is 6.16 Å². The van der Waals surface area contributed by atoms with E-state index in [2.05, 4.69) is 0 Å². The molecule has 0 saturated heterocycles. The topological polar surface area (TPSA) is 80.3 Å². The van der Waals surface area contributed by atoms with Gasteiger partial charge in [-0.1, -0.05) is 0 Å². The molecule has 5 heteroatoms. The molecule has 0 spiro atoms. The van der Waals surface area contributed by atoms with Crippen molar-refractivity contribution in [1.29, 1.82) is 0 Å². The van der Waals surface area contributed by atoms with Crippen LogP contribution in [-0.2, 0) is 23.7 Å². The third-order valence-corrected chi connectivity index (χ3v) is 0. The molecule has 0 fully saturated rings. The Morgan fingerprint density at radius 1 is 1.33 bits per heavy atom. The molecule has 0 radical (unpaired) electrons. The van der Waals surface area contributed by atoms with Crippen LogP contribution in [0.4, 0.5) is 4.79 Å². The average molecular weight is 124 g/mol. The molecule has 0 aromatic carbocycles. The zero-order valence-corrected chi connectivity index (χ0v) is 4.19. The molecule has 0 atom stereocenters. The molecular formula is CO4Ti. The van der Waals surface area contributed by atoms with Gasteiger partial charge in [0, 0.05) is 0 Å². The van der Waals surface area contributed by atoms with Crippen molar-refractivity contribution in [2.24, 2.45) is 0 Å². The predicted octanol–water partition coefficient (Wildman–Crippen LogP) is -2.57. The Hall–Kier alpha value is -0.216. The Kier molecular flexibility index (Phi) is 13.6. The van der Waals surface area contributed by atoms with Gasteiger partial charge < -0.3 is 15.0 Å². The van der Waals surface area contributed by atoms with Crippen molar-refractivity contribution >= 4 is 6.16 Å². The number of carbonyl (C=O) groups is 1. The van der Waals surface area contributed by atoms with Crippen molar-refractivity contribution in [2.45, 2.75) is 0 Å². The summed E-state index contributed by atoms with van der Waals surface area (Å²) in [5.41, 5.74) is 0. The molecule has 0 aliphatic rings. The van der Waals surface area contributed by atoms with Gasteiger partial charge >= 0.3 is 23.7 Å². The van der Waals surface area contributed by atoms with Gasteiger partial charge in [0.2, 0.25) is 0 Å². The summed E-state index contributed by atoms with van der Waals surface area (Å²) >= 11 is 0.750. The molecule has 0 heterocycles. The molecule has 6 heavy (non-hydrogen) atoms. The van der Waals surface area contributed by atoms with E-state index in [4.69, 9.17) is 18.3 Å². The van der Waals surface area contributed by atoms with Gasteiger partial charge in [-0.2, -0.15) is 0 Å². The summed E-state index contributed by atoms with van der Waals surface area (Å²) in [5.74, 6) is 0. The number of hydrogen-bond donors (Lipinski definition) is 0. The van der Waals surface area contributed by atoms with E-state index in [1.165, 1.54) is 0 Å². The van der Waals surface area contributed by atoms with Gasteiger partial charge in [-0.25, -0.2) is 0 Å². The Bertz CT molecular complexity index is 38.8. The normalized spacial score (nSPS) is 5.00. The molecule has 0 saturated carbocycles. The molecular weight excluding hydrogens is 124 g/mol. The van der Waals surface area contributed by atoms with Crippen LogP contribution in [0.15, 0.2) is 0 Å². The molecule has 0 N–H and O–H groups in total. The van der Waals surface area contributed by atoms with Gasteiger partial charge in [-0.05, 0) is 6.16 Å². The predicted molar refractivity (Wildman–Crippen MR) is 6.08 cm³/mol. The first-order chi connectivity index (χ1) is 2.73. The van der Waals surface area contributed by atoms with Crippen LogP contribution < -0.4 is 10.2 Å². The van der Waals surface area contributed by atoms with Gasteiger partial charge in [0.25, 0.3) is 0 Å². The van der Waals surface area contributed by atoms with Crippen molar-refractivity contribution in [3.63, 3.8) is 0 Å². The first-order valence-corrected chi connectivity index (χ1v) is 1.45. The fourth-order valence-corrected chi connectivity index (χ4v) is 0. The van der Waals surface area contributed by atoms with E-state index in [9.17, 15) is 0 Å². The second kappa shape index (κ2) is 8.84. The van der Waals surface area contributed by atoms with E-state index in [-0.39, 0.29) is 0 Å². The van der Waals surface area contributed by atoms with Crippen LogP contribution in [0.2, 0.25) is 0 Å². The van der Waals surface area contributed by atoms with Crippen molar-refractivity contribution in [1.82, 2.24) is 0 Å². The van der Waals surface area contributed by atoms with Gasteiger partial charge in [0.15, 0.2) is 0 Å². The molecule has 0 aliphatic heterocycles. The molecule has 0 aromatic heterocycles. The maximum atomic E-state index is 8.33. The maximum absolute atomic E-state index is 8.33. The van der Waals surface area contributed by atoms with Crippen molar-refractivity contribution in [3.8, 4) is 0 Å². The van der Waals surface area contributed by atoms with Crippen LogP contribution in [0.3, 0.4) is 0 Å². The summed E-state index contributed by atoms with van der Waals surface area (Å²) in [7, 11) is 0. The van der Waals surface area contributed by atoms with E-state index in [1.807, 2.05) is 0 Å². The van der Waals surface area contributed by atoms with E-state index < -0.39 is 6.16 Å². The molecule has 0 unspecified atom stereocenters. The minimum absolute atomic E-state index is 0.750. The molecule has 0 amide bonds. The van der Waals surface area contributed by atoms with Crippen LogP contribution in [0.25, 0.3) is 0 Å². The van der Waals surface area contributed by atoms with Crippen molar-refractivity contribution in [3.05, 3.63) is 0 Å². The molecule has 0 bridgehead atoms. The molecule has 0 rings (SSSR count). The number of rotatable bonds is 0. The van der Waals surface area contributed by atoms with E-state index in [0.29, 0.717) is 0 Å². The summed E-state index contributed by atoms with van der Waals surface area (Å²) in [5, 5.41) is 16.7.